The second-order valence-electron chi connectivity index (χ2n) is 11.2. The zero-order chi connectivity index (χ0) is 25.8. The largest absolute Gasteiger partial charge is 0.479 e. The van der Waals surface area contributed by atoms with Gasteiger partial charge in [0.15, 0.2) is 11.2 Å². The predicted molar refractivity (Wildman–Crippen MR) is 131 cm³/mol. The molecule has 2 aromatic heterocycles. The van der Waals surface area contributed by atoms with Gasteiger partial charge in [0.25, 0.3) is 5.91 Å². The number of aryl methyl sites for hydroxylation is 1. The van der Waals surface area contributed by atoms with Crippen molar-refractivity contribution in [2.24, 2.45) is 11.3 Å². The van der Waals surface area contributed by atoms with E-state index in [1.165, 1.54) is 20.5 Å². The van der Waals surface area contributed by atoms with Crippen LogP contribution in [-0.2, 0) is 14.3 Å². The molecule has 11 heteroatoms. The molecular weight excluding hydrogens is 464 g/mol. The number of aromatic nitrogens is 3. The first-order chi connectivity index (χ1) is 17.0. The van der Waals surface area contributed by atoms with Crippen LogP contribution in [0.2, 0.25) is 0 Å². The van der Waals surface area contributed by atoms with Crippen molar-refractivity contribution in [3.05, 3.63) is 23.7 Å². The highest BCUT2D eigenvalue weighted by Crippen LogP contribution is 2.48. The van der Waals surface area contributed by atoms with Crippen LogP contribution in [0.4, 0.5) is 5.69 Å². The summed E-state index contributed by atoms with van der Waals surface area (Å²) in [6, 6.07) is 2.11. The van der Waals surface area contributed by atoms with Gasteiger partial charge in [0, 0.05) is 44.7 Å². The lowest BCUT2D eigenvalue weighted by atomic mass is 9.60. The summed E-state index contributed by atoms with van der Waals surface area (Å²) in [7, 11) is 1.30. The Balaban J connectivity index is 1.15. The van der Waals surface area contributed by atoms with Crippen molar-refractivity contribution >= 4 is 29.1 Å². The van der Waals surface area contributed by atoms with E-state index in [4.69, 9.17) is 4.74 Å². The fraction of sp³-hybridized carbons (Fsp3) is 0.640. The molecule has 0 bridgehead atoms. The molecule has 194 valence electrons. The first kappa shape index (κ1) is 24.5. The second kappa shape index (κ2) is 8.72. The number of rotatable bonds is 7. The highest BCUT2D eigenvalue weighted by Gasteiger charge is 2.54. The molecule has 36 heavy (non-hydrogen) atoms. The topological polar surface area (TPSA) is 129 Å². The monoisotopic (exact) mass is 498 g/mol. The molecule has 2 aromatic rings. The third-order valence-electron chi connectivity index (χ3n) is 8.09. The van der Waals surface area contributed by atoms with E-state index in [2.05, 4.69) is 33.3 Å². The lowest BCUT2D eigenvalue weighted by Gasteiger charge is -2.59. The number of anilines is 1. The lowest BCUT2D eigenvalue weighted by molar-refractivity contribution is -0.170. The van der Waals surface area contributed by atoms with Gasteiger partial charge in [-0.2, -0.15) is 0 Å². The van der Waals surface area contributed by atoms with E-state index in [-0.39, 0.29) is 35.5 Å². The normalized spacial score (nSPS) is 22.8. The number of carboxylic acid groups (broad SMARTS) is 1. The van der Waals surface area contributed by atoms with Gasteiger partial charge in [-0.1, -0.05) is 6.92 Å². The number of fused-ring (bicyclic) bond motifs is 1. The van der Waals surface area contributed by atoms with Crippen molar-refractivity contribution in [1.82, 2.24) is 24.8 Å². The predicted octanol–water partition coefficient (Wildman–Crippen LogP) is 1.48. The van der Waals surface area contributed by atoms with Crippen LogP contribution in [0.15, 0.2) is 12.3 Å². The Bertz CT molecular complexity index is 1210. The number of likely N-dealkylation sites (tertiary alicyclic amines) is 1. The summed E-state index contributed by atoms with van der Waals surface area (Å²) in [5.74, 6) is -0.854. The van der Waals surface area contributed by atoms with Crippen LogP contribution in [0, 0.1) is 18.3 Å². The number of carboxylic acids is 1. The molecule has 3 fully saturated rings. The van der Waals surface area contributed by atoms with Gasteiger partial charge in [-0.15, -0.1) is 5.10 Å². The van der Waals surface area contributed by atoms with E-state index < -0.39 is 11.6 Å². The Morgan fingerprint density at radius 2 is 2.03 bits per heavy atom. The number of methoxy groups -OCH3 is 1. The fourth-order valence-corrected chi connectivity index (χ4v) is 5.74. The van der Waals surface area contributed by atoms with Gasteiger partial charge in [-0.05, 0) is 50.7 Å². The number of hydrogen-bond acceptors (Lipinski definition) is 7. The molecular formula is C25H34N6O5. The fourth-order valence-electron chi connectivity index (χ4n) is 5.74. The summed E-state index contributed by atoms with van der Waals surface area (Å²) in [6.45, 7) is 8.82. The van der Waals surface area contributed by atoms with Crippen LogP contribution in [-0.4, -0.2) is 87.3 Å². The summed E-state index contributed by atoms with van der Waals surface area (Å²) in [4.78, 5) is 45.2. The number of amides is 2. The molecule has 0 radical (unpaired) electrons. The Kier molecular flexibility index (Phi) is 5.93. The van der Waals surface area contributed by atoms with E-state index >= 15 is 0 Å². The number of carbonyl (C=O) groups is 3. The number of pyridine rings is 1. The van der Waals surface area contributed by atoms with Gasteiger partial charge < -0.3 is 25.0 Å². The Hall–Kier alpha value is -3.21. The minimum atomic E-state index is -1.52. The van der Waals surface area contributed by atoms with Gasteiger partial charge in [0.2, 0.25) is 11.7 Å². The zero-order valence-corrected chi connectivity index (χ0v) is 21.3. The van der Waals surface area contributed by atoms with Crippen molar-refractivity contribution in [1.29, 1.82) is 0 Å². The van der Waals surface area contributed by atoms with Gasteiger partial charge in [-0.25, -0.2) is 14.3 Å². The molecule has 2 aliphatic heterocycles. The molecule has 1 aliphatic carbocycles. The molecule has 3 aliphatic rings. The Labute approximate surface area is 209 Å². The first-order valence-electron chi connectivity index (χ1n) is 12.5. The van der Waals surface area contributed by atoms with Crippen molar-refractivity contribution < 1.29 is 24.2 Å². The maximum Gasteiger partial charge on any atom is 0.336 e. The quantitative estimate of drug-likeness (QED) is 0.587. The molecule has 2 N–H and O–H groups in total. The second-order valence-corrected chi connectivity index (χ2v) is 11.2. The standard InChI is InChI=1S/C25H34N6O5/c1-15-5-6-29(11-15)18-7-16(2)21-27-20(28-31(21)12-18)22(33)26-17-8-25(9-17)13-30(14-25)19(32)10-24(3,36-4)23(34)35/h7,12,15,17H,5-6,8-11,13-14H2,1-4H3,(H,26,33)(H,34,35). The zero-order valence-electron chi connectivity index (χ0n) is 21.3. The smallest absolute Gasteiger partial charge is 0.336 e. The minimum Gasteiger partial charge on any atom is -0.479 e. The molecule has 0 aromatic carbocycles. The van der Waals surface area contributed by atoms with Crippen LogP contribution in [0.1, 0.15) is 55.7 Å². The number of carbonyl (C=O) groups excluding carboxylic acids is 2. The average molecular weight is 499 g/mol. The maximum atomic E-state index is 12.9. The van der Waals surface area contributed by atoms with Gasteiger partial charge in [-0.3, -0.25) is 9.59 Å². The molecule has 2 unspecified atom stereocenters. The van der Waals surface area contributed by atoms with E-state index in [0.717, 1.165) is 37.2 Å². The number of nitrogens with zero attached hydrogens (tertiary/aromatic N) is 5. The summed E-state index contributed by atoms with van der Waals surface area (Å²) in [5, 5.41) is 16.8. The van der Waals surface area contributed by atoms with E-state index in [1.54, 1.807) is 9.42 Å². The SMILES string of the molecule is COC(C)(CC(=O)N1CC2(CC(NC(=O)c3nc4c(C)cc(N5CCC(C)C5)cn4n3)C2)C1)C(=O)O. The molecule has 11 nitrogen and oxygen atoms in total. The number of hydrogen-bond donors (Lipinski definition) is 2. The third-order valence-corrected chi connectivity index (χ3v) is 8.09. The first-order valence-corrected chi connectivity index (χ1v) is 12.5. The summed E-state index contributed by atoms with van der Waals surface area (Å²) in [6.07, 6.45) is 4.46. The molecule has 2 amide bonds. The minimum absolute atomic E-state index is 0.00682. The van der Waals surface area contributed by atoms with Crippen molar-refractivity contribution in [2.45, 2.75) is 58.1 Å². The molecule has 1 spiro atoms. The average Bonchev–Trinajstić information content (AvgIpc) is 3.40. The van der Waals surface area contributed by atoms with Crippen molar-refractivity contribution in [3.8, 4) is 0 Å². The van der Waals surface area contributed by atoms with E-state index in [1.807, 2.05) is 13.1 Å². The van der Waals surface area contributed by atoms with Crippen LogP contribution in [0.3, 0.4) is 0 Å². The summed E-state index contributed by atoms with van der Waals surface area (Å²) >= 11 is 0. The number of aliphatic carboxylic acids is 1. The molecule has 1 saturated carbocycles. The van der Waals surface area contributed by atoms with Crippen LogP contribution < -0.4 is 10.2 Å². The highest BCUT2D eigenvalue weighted by molar-refractivity contribution is 5.91. The molecule has 2 atom stereocenters. The maximum absolute atomic E-state index is 12.9. The molecule has 5 rings (SSSR count). The Morgan fingerprint density at radius 1 is 1.31 bits per heavy atom. The molecule has 4 heterocycles. The number of nitrogens with one attached hydrogen (secondary N) is 1. The van der Waals surface area contributed by atoms with Crippen molar-refractivity contribution in [2.75, 3.05) is 38.2 Å². The summed E-state index contributed by atoms with van der Waals surface area (Å²) < 4.78 is 6.74. The van der Waals surface area contributed by atoms with Crippen LogP contribution in [0.25, 0.3) is 5.65 Å². The summed E-state index contributed by atoms with van der Waals surface area (Å²) in [5.41, 5.74) is 1.22. The third kappa shape index (κ3) is 4.29. The highest BCUT2D eigenvalue weighted by atomic mass is 16.5. The van der Waals surface area contributed by atoms with Gasteiger partial charge in [0.05, 0.1) is 18.3 Å². The molecule has 2 saturated heterocycles. The van der Waals surface area contributed by atoms with E-state index in [9.17, 15) is 19.5 Å². The van der Waals surface area contributed by atoms with Crippen LogP contribution in [0.5, 0.6) is 0 Å². The van der Waals surface area contributed by atoms with E-state index in [0.29, 0.717) is 24.7 Å². The van der Waals surface area contributed by atoms with Gasteiger partial charge >= 0.3 is 5.97 Å². The van der Waals surface area contributed by atoms with Gasteiger partial charge in [0.1, 0.15) is 0 Å². The Morgan fingerprint density at radius 3 is 2.64 bits per heavy atom. The van der Waals surface area contributed by atoms with Crippen molar-refractivity contribution in [3.63, 3.8) is 0 Å². The van der Waals surface area contributed by atoms with Crippen LogP contribution >= 0.6 is 0 Å². The lowest BCUT2D eigenvalue weighted by Crippen LogP contribution is -2.68. The number of ether oxygens (including phenoxy) is 1.